The van der Waals surface area contributed by atoms with E-state index in [0.29, 0.717) is 17.9 Å². The highest BCUT2D eigenvalue weighted by Crippen LogP contribution is 2.28. The van der Waals surface area contributed by atoms with Gasteiger partial charge in [0.05, 0.1) is 30.7 Å². The number of methoxy groups -OCH3 is 1. The molecule has 0 saturated carbocycles. The van der Waals surface area contributed by atoms with Crippen LogP contribution in [0, 0.1) is 0 Å². The first kappa shape index (κ1) is 19.9. The summed E-state index contributed by atoms with van der Waals surface area (Å²) in [5.74, 6) is 0.812. The Hall–Kier alpha value is -2.83. The van der Waals surface area contributed by atoms with Crippen molar-refractivity contribution < 1.29 is 4.74 Å². The molecule has 3 rings (SSSR count). The van der Waals surface area contributed by atoms with E-state index in [0.717, 1.165) is 11.3 Å². The van der Waals surface area contributed by atoms with Crippen LogP contribution in [0.25, 0.3) is 5.69 Å². The van der Waals surface area contributed by atoms with E-state index in [9.17, 15) is 4.79 Å². The van der Waals surface area contributed by atoms with Gasteiger partial charge in [0, 0.05) is 12.1 Å². The van der Waals surface area contributed by atoms with Crippen LogP contribution < -0.4 is 15.6 Å². The Kier molecular flexibility index (Phi) is 6.34. The number of anilines is 1. The molecule has 0 aliphatic rings. The van der Waals surface area contributed by atoms with Crippen LogP contribution in [0.1, 0.15) is 11.6 Å². The quantitative estimate of drug-likeness (QED) is 0.658. The summed E-state index contributed by atoms with van der Waals surface area (Å²) in [6.07, 6.45) is 1.58. The first-order valence-electron chi connectivity index (χ1n) is 8.89. The van der Waals surface area contributed by atoms with Crippen molar-refractivity contribution in [1.29, 1.82) is 0 Å². The van der Waals surface area contributed by atoms with Gasteiger partial charge in [-0.3, -0.25) is 4.79 Å². The summed E-state index contributed by atoms with van der Waals surface area (Å²) < 4.78 is 6.78. The van der Waals surface area contributed by atoms with Crippen LogP contribution in [0.3, 0.4) is 0 Å². The molecule has 1 N–H and O–H groups in total. The molecule has 7 heteroatoms. The van der Waals surface area contributed by atoms with Gasteiger partial charge in [-0.2, -0.15) is 9.78 Å². The Balaban J connectivity index is 1.85. The smallest absolute Gasteiger partial charge is 0.292 e. The summed E-state index contributed by atoms with van der Waals surface area (Å²) in [4.78, 5) is 14.7. The summed E-state index contributed by atoms with van der Waals surface area (Å²) in [5.41, 5.74) is 1.85. The topological polar surface area (TPSA) is 59.4 Å². The highest BCUT2D eigenvalue weighted by Gasteiger charge is 2.19. The van der Waals surface area contributed by atoms with Crippen LogP contribution in [0.5, 0.6) is 5.75 Å². The molecular weight excluding hydrogens is 376 g/mol. The summed E-state index contributed by atoms with van der Waals surface area (Å²) >= 11 is 6.34. The second kappa shape index (κ2) is 8.91. The van der Waals surface area contributed by atoms with Crippen LogP contribution >= 0.6 is 11.6 Å². The lowest BCUT2D eigenvalue weighted by Crippen LogP contribution is -2.28. The van der Waals surface area contributed by atoms with Gasteiger partial charge < -0.3 is 15.0 Å². The number of rotatable bonds is 7. The number of para-hydroxylation sites is 2. The van der Waals surface area contributed by atoms with Gasteiger partial charge in [-0.05, 0) is 32.3 Å². The Bertz CT molecular complexity index is 989. The second-order valence-corrected chi connectivity index (χ2v) is 6.90. The van der Waals surface area contributed by atoms with E-state index >= 15 is 0 Å². The minimum absolute atomic E-state index is 0.0174. The van der Waals surface area contributed by atoms with Crippen molar-refractivity contribution >= 4 is 17.3 Å². The van der Waals surface area contributed by atoms with Crippen LogP contribution in [-0.2, 0) is 0 Å². The van der Waals surface area contributed by atoms with Gasteiger partial charge in [0.25, 0.3) is 5.56 Å². The predicted molar refractivity (Wildman–Crippen MR) is 113 cm³/mol. The molecule has 146 valence electrons. The normalized spacial score (nSPS) is 12.0. The monoisotopic (exact) mass is 398 g/mol. The van der Waals surface area contributed by atoms with Crippen LogP contribution in [0.15, 0.2) is 65.6 Å². The van der Waals surface area contributed by atoms with Crippen molar-refractivity contribution in [3.8, 4) is 11.4 Å². The molecule has 1 atom stereocenters. The van der Waals surface area contributed by atoms with Gasteiger partial charge in [-0.1, -0.05) is 48.0 Å². The highest BCUT2D eigenvalue weighted by atomic mass is 35.5. The first-order valence-corrected chi connectivity index (χ1v) is 9.27. The molecule has 0 amide bonds. The average molecular weight is 399 g/mol. The standard InChI is InChI=1S/C21H23ClN4O2/c1-25(2)18(16-11-7-8-12-19(16)28-3)14-23-17-13-24-26(21(27)20(17)22)15-9-5-4-6-10-15/h4-13,18,23H,14H2,1-3H3/t18-/m1/s1. The zero-order valence-corrected chi connectivity index (χ0v) is 16.8. The van der Waals surface area contributed by atoms with Crippen molar-refractivity contribution in [2.24, 2.45) is 0 Å². The van der Waals surface area contributed by atoms with E-state index < -0.39 is 0 Å². The predicted octanol–water partition coefficient (Wildman–Crippen LogP) is 3.61. The van der Waals surface area contributed by atoms with E-state index in [2.05, 4.69) is 15.3 Å². The zero-order valence-electron chi connectivity index (χ0n) is 16.1. The van der Waals surface area contributed by atoms with E-state index in [1.165, 1.54) is 4.68 Å². The molecule has 0 radical (unpaired) electrons. The van der Waals surface area contributed by atoms with Gasteiger partial charge in [0.15, 0.2) is 0 Å². The minimum Gasteiger partial charge on any atom is -0.496 e. The Labute approximate surface area is 169 Å². The lowest BCUT2D eigenvalue weighted by molar-refractivity contribution is 0.300. The highest BCUT2D eigenvalue weighted by molar-refractivity contribution is 6.32. The molecule has 0 saturated heterocycles. The second-order valence-electron chi connectivity index (χ2n) is 6.53. The van der Waals surface area contributed by atoms with Crippen molar-refractivity contribution in [3.05, 3.63) is 81.7 Å². The van der Waals surface area contributed by atoms with Crippen LogP contribution in [0.2, 0.25) is 5.02 Å². The largest absolute Gasteiger partial charge is 0.496 e. The molecule has 1 aromatic heterocycles. The summed E-state index contributed by atoms with van der Waals surface area (Å²) in [7, 11) is 5.64. The van der Waals surface area contributed by atoms with E-state index in [1.807, 2.05) is 68.7 Å². The number of hydrogen-bond donors (Lipinski definition) is 1. The molecule has 3 aromatic rings. The van der Waals surface area contributed by atoms with E-state index in [4.69, 9.17) is 16.3 Å². The SMILES string of the molecule is COc1ccccc1[C@@H](CNc1cnn(-c2ccccc2)c(=O)c1Cl)N(C)C. The van der Waals surface area contributed by atoms with Gasteiger partial charge in [-0.25, -0.2) is 0 Å². The number of halogens is 1. The molecule has 28 heavy (non-hydrogen) atoms. The molecule has 0 spiro atoms. The summed E-state index contributed by atoms with van der Waals surface area (Å²) in [6.45, 7) is 0.531. The maximum absolute atomic E-state index is 12.6. The van der Waals surface area contributed by atoms with Gasteiger partial charge >= 0.3 is 0 Å². The third-order valence-electron chi connectivity index (χ3n) is 4.53. The summed E-state index contributed by atoms with van der Waals surface area (Å²) in [6, 6.07) is 17.1. The number of ether oxygens (including phenoxy) is 1. The molecule has 0 aliphatic heterocycles. The van der Waals surface area contributed by atoms with Crippen molar-refractivity contribution in [1.82, 2.24) is 14.7 Å². The molecule has 2 aromatic carbocycles. The minimum atomic E-state index is -0.364. The first-order chi connectivity index (χ1) is 13.5. The van der Waals surface area contributed by atoms with Crippen molar-refractivity contribution in [2.75, 3.05) is 33.1 Å². The number of aromatic nitrogens is 2. The summed E-state index contributed by atoms with van der Waals surface area (Å²) in [5, 5.41) is 7.62. The van der Waals surface area contributed by atoms with Gasteiger partial charge in [0.1, 0.15) is 10.8 Å². The fourth-order valence-corrected chi connectivity index (χ4v) is 3.22. The van der Waals surface area contributed by atoms with Crippen LogP contribution in [-0.4, -0.2) is 42.4 Å². The lowest BCUT2D eigenvalue weighted by atomic mass is 10.0. The van der Waals surface area contributed by atoms with E-state index in [1.54, 1.807) is 13.3 Å². The molecule has 0 unspecified atom stereocenters. The Morgan fingerprint density at radius 3 is 2.50 bits per heavy atom. The number of nitrogens with zero attached hydrogens (tertiary/aromatic N) is 3. The molecule has 0 bridgehead atoms. The Morgan fingerprint density at radius 2 is 1.82 bits per heavy atom. The molecule has 0 aliphatic carbocycles. The fourth-order valence-electron chi connectivity index (χ4n) is 3.03. The van der Waals surface area contributed by atoms with E-state index in [-0.39, 0.29) is 16.6 Å². The number of likely N-dealkylation sites (N-methyl/N-ethyl adjacent to an activating group) is 1. The van der Waals surface area contributed by atoms with Crippen molar-refractivity contribution in [2.45, 2.75) is 6.04 Å². The molecule has 0 fully saturated rings. The molecular formula is C21H23ClN4O2. The number of hydrogen-bond acceptors (Lipinski definition) is 5. The third-order valence-corrected chi connectivity index (χ3v) is 4.89. The third kappa shape index (κ3) is 4.18. The Morgan fingerprint density at radius 1 is 1.14 bits per heavy atom. The van der Waals surface area contributed by atoms with Crippen LogP contribution in [0.4, 0.5) is 5.69 Å². The maximum atomic E-state index is 12.6. The number of nitrogens with one attached hydrogen (secondary N) is 1. The maximum Gasteiger partial charge on any atom is 0.292 e. The zero-order chi connectivity index (χ0) is 20.1. The average Bonchev–Trinajstić information content (AvgIpc) is 2.72. The number of benzene rings is 2. The molecule has 1 heterocycles. The van der Waals surface area contributed by atoms with Gasteiger partial charge in [0.2, 0.25) is 0 Å². The fraction of sp³-hybridized carbons (Fsp3) is 0.238. The molecule has 6 nitrogen and oxygen atoms in total. The lowest BCUT2D eigenvalue weighted by Gasteiger charge is -2.27. The van der Waals surface area contributed by atoms with Gasteiger partial charge in [-0.15, -0.1) is 0 Å². The van der Waals surface area contributed by atoms with Crippen molar-refractivity contribution in [3.63, 3.8) is 0 Å².